The number of nitrogens with zero attached hydrogens (tertiary/aromatic N) is 2. The molecule has 1 aromatic heterocycles. The number of hydrogen-bond acceptors (Lipinski definition) is 7. The van der Waals surface area contributed by atoms with E-state index in [1.54, 1.807) is 20.1 Å². The maximum Gasteiger partial charge on any atom is 0.264 e. The number of benzene rings is 2. The number of carbonyl (C=O) groups excluding carboxylic acids is 1. The number of anilines is 1. The minimum absolute atomic E-state index is 0.196. The molecule has 2 aliphatic heterocycles. The molecule has 6 atom stereocenters. The lowest BCUT2D eigenvalue weighted by Gasteiger charge is -2.50. The number of hydrogen-bond donors (Lipinski definition) is 1. The van der Waals surface area contributed by atoms with Crippen molar-refractivity contribution in [2.24, 2.45) is 17.8 Å². The third-order valence-corrected chi connectivity index (χ3v) is 14.3. The second kappa shape index (κ2) is 13.6. The number of fused-ring (bicyclic) bond motifs is 4. The first-order valence-corrected chi connectivity index (χ1v) is 19.9. The number of methoxy groups -OCH3 is 1. The second-order valence-corrected chi connectivity index (χ2v) is 17.6. The van der Waals surface area contributed by atoms with Crippen LogP contribution in [0.4, 0.5) is 5.69 Å². The van der Waals surface area contributed by atoms with Crippen molar-refractivity contribution in [2.45, 2.75) is 82.0 Å². The Morgan fingerprint density at radius 2 is 1.98 bits per heavy atom. The summed E-state index contributed by atoms with van der Waals surface area (Å²) in [4.78, 5) is 20.8. The summed E-state index contributed by atoms with van der Waals surface area (Å²) in [6.45, 7) is 7.61. The molecule has 2 aliphatic carbocycles. The van der Waals surface area contributed by atoms with Crippen molar-refractivity contribution in [3.63, 3.8) is 0 Å². The molecule has 266 valence electrons. The Morgan fingerprint density at radius 3 is 2.74 bits per heavy atom. The first-order valence-electron chi connectivity index (χ1n) is 17.9. The van der Waals surface area contributed by atoms with Gasteiger partial charge in [-0.3, -0.25) is 9.78 Å². The quantitative estimate of drug-likeness (QED) is 0.286. The standard InChI is InChI=1S/C40H48ClN3O5S/c1-26-8-5-18-40(48-4,22-35-27(2)9-7-19-42-35)34-14-11-31(34)23-44-24-39(17-6-10-29-20-32(41)13-15-33(29)39)25-49-37-16-12-30(21-36(37)44)38(45)43-50(46,47)28(26)3/h5,7,9,12-13,15-16,18-21,26,28,31,34H,6,8,10-11,14,17,22-25H2,1-4H3,(H,43,45)/b18-5-/t26-,28+,31-,34+,39-,40+/m0/s1. The van der Waals surface area contributed by atoms with Crippen molar-refractivity contribution in [3.8, 4) is 5.75 Å². The van der Waals surface area contributed by atoms with Crippen molar-refractivity contribution >= 4 is 33.2 Å². The Kier molecular flexibility index (Phi) is 9.54. The van der Waals surface area contributed by atoms with Gasteiger partial charge in [-0.25, -0.2) is 13.1 Å². The third-order valence-electron chi connectivity index (χ3n) is 12.2. The van der Waals surface area contributed by atoms with Crippen LogP contribution in [0.2, 0.25) is 5.02 Å². The molecular formula is C40H48ClN3O5S. The number of aryl methyl sites for hydroxylation is 2. The van der Waals surface area contributed by atoms with Gasteiger partial charge in [-0.15, -0.1) is 0 Å². The SMILES string of the molecule is CO[C@@]1(Cc2ncccc2C)/C=C\C[C@H](C)[C@@H](C)S(=O)(=O)NC(=O)c2ccc3c(c2)N(C[C@@H]2CC[C@H]21)C[C@@]1(CCCc2cc(Cl)ccc21)CO3. The predicted octanol–water partition coefficient (Wildman–Crippen LogP) is 7.21. The van der Waals surface area contributed by atoms with Gasteiger partial charge in [0, 0.05) is 54.5 Å². The van der Waals surface area contributed by atoms with E-state index in [9.17, 15) is 13.2 Å². The predicted molar refractivity (Wildman–Crippen MR) is 198 cm³/mol. The van der Waals surface area contributed by atoms with Gasteiger partial charge in [-0.05, 0) is 123 Å². The van der Waals surface area contributed by atoms with Crippen molar-refractivity contribution in [1.29, 1.82) is 0 Å². The Balaban J connectivity index is 1.34. The molecule has 0 unspecified atom stereocenters. The summed E-state index contributed by atoms with van der Waals surface area (Å²) in [6.07, 6.45) is 12.3. The van der Waals surface area contributed by atoms with E-state index in [4.69, 9.17) is 26.1 Å². The Morgan fingerprint density at radius 1 is 1.14 bits per heavy atom. The molecule has 0 radical (unpaired) electrons. The number of sulfonamides is 1. The molecule has 3 aromatic rings. The molecule has 50 heavy (non-hydrogen) atoms. The maximum atomic E-state index is 13.6. The Labute approximate surface area is 301 Å². The highest BCUT2D eigenvalue weighted by Gasteiger charge is 2.49. The van der Waals surface area contributed by atoms with Gasteiger partial charge in [0.05, 0.1) is 23.1 Å². The zero-order valence-corrected chi connectivity index (χ0v) is 31.0. The van der Waals surface area contributed by atoms with Crippen molar-refractivity contribution in [2.75, 3.05) is 31.7 Å². The van der Waals surface area contributed by atoms with Crippen molar-refractivity contribution < 1.29 is 22.7 Å². The Hall–Kier alpha value is -3.40. The van der Waals surface area contributed by atoms with Crippen LogP contribution in [0, 0.1) is 24.7 Å². The van der Waals surface area contributed by atoms with Crippen molar-refractivity contribution in [1.82, 2.24) is 9.71 Å². The fraction of sp³-hybridized carbons (Fsp3) is 0.500. The molecule has 3 heterocycles. The number of aromatic nitrogens is 1. The number of halogens is 1. The van der Waals surface area contributed by atoms with Gasteiger partial charge < -0.3 is 14.4 Å². The summed E-state index contributed by atoms with van der Waals surface area (Å²) in [5, 5.41) is -0.0572. The summed E-state index contributed by atoms with van der Waals surface area (Å²) >= 11 is 6.48. The average molecular weight is 718 g/mol. The molecule has 10 heteroatoms. The van der Waals surface area contributed by atoms with Crippen LogP contribution in [0.5, 0.6) is 5.75 Å². The van der Waals surface area contributed by atoms with Crippen LogP contribution < -0.4 is 14.4 Å². The highest BCUT2D eigenvalue weighted by Crippen LogP contribution is 2.50. The number of pyridine rings is 1. The lowest BCUT2D eigenvalue weighted by Crippen LogP contribution is -2.54. The van der Waals surface area contributed by atoms with Crippen LogP contribution in [-0.4, -0.2) is 57.0 Å². The summed E-state index contributed by atoms with van der Waals surface area (Å²) in [5.41, 5.74) is 4.84. The fourth-order valence-corrected chi connectivity index (χ4v) is 10.3. The molecule has 4 aliphatic rings. The highest BCUT2D eigenvalue weighted by molar-refractivity contribution is 7.90. The van der Waals surface area contributed by atoms with Crippen molar-refractivity contribution in [3.05, 3.63) is 99.9 Å². The Bertz CT molecular complexity index is 1920. The van der Waals surface area contributed by atoms with Crippen LogP contribution >= 0.6 is 11.6 Å². The van der Waals surface area contributed by atoms with Gasteiger partial charge in [0.1, 0.15) is 5.75 Å². The van der Waals surface area contributed by atoms with E-state index >= 15 is 0 Å². The monoisotopic (exact) mass is 717 g/mol. The van der Waals surface area contributed by atoms with Crippen LogP contribution in [0.3, 0.4) is 0 Å². The van der Waals surface area contributed by atoms with Gasteiger partial charge in [0.25, 0.3) is 5.91 Å². The smallest absolute Gasteiger partial charge is 0.264 e. The second-order valence-electron chi connectivity index (χ2n) is 15.1. The van der Waals surface area contributed by atoms with Gasteiger partial charge in [-0.2, -0.15) is 0 Å². The number of nitrogens with one attached hydrogen (secondary N) is 1. The summed E-state index contributed by atoms with van der Waals surface area (Å²) in [6, 6.07) is 15.6. The zero-order valence-electron chi connectivity index (χ0n) is 29.5. The van der Waals surface area contributed by atoms with E-state index in [2.05, 4.69) is 46.9 Å². The lowest BCUT2D eigenvalue weighted by atomic mass is 9.62. The average Bonchev–Trinajstić information content (AvgIpc) is 3.23. The molecule has 2 aromatic carbocycles. The van der Waals surface area contributed by atoms with Gasteiger partial charge >= 0.3 is 0 Å². The lowest BCUT2D eigenvalue weighted by molar-refractivity contribution is -0.0751. The summed E-state index contributed by atoms with van der Waals surface area (Å²) in [5.74, 6) is 0.317. The van der Waals surface area contributed by atoms with E-state index in [0.29, 0.717) is 43.2 Å². The fourth-order valence-electron chi connectivity index (χ4n) is 8.80. The van der Waals surface area contributed by atoms with E-state index in [1.807, 2.05) is 37.4 Å². The highest BCUT2D eigenvalue weighted by atomic mass is 35.5. The molecule has 0 saturated heterocycles. The van der Waals surface area contributed by atoms with E-state index in [0.717, 1.165) is 60.6 Å². The van der Waals surface area contributed by atoms with Crippen LogP contribution in [0.25, 0.3) is 0 Å². The zero-order chi connectivity index (χ0) is 35.3. The van der Waals surface area contributed by atoms with Crippen LogP contribution in [-0.2, 0) is 33.0 Å². The van der Waals surface area contributed by atoms with Gasteiger partial charge in [0.15, 0.2) is 0 Å². The first kappa shape index (κ1) is 35.0. The van der Waals surface area contributed by atoms with E-state index in [-0.39, 0.29) is 17.3 Å². The molecule has 1 amide bonds. The molecule has 8 nitrogen and oxygen atoms in total. The minimum atomic E-state index is -3.96. The number of rotatable bonds is 3. The van der Waals surface area contributed by atoms with Gasteiger partial charge in [0.2, 0.25) is 10.0 Å². The molecule has 1 fully saturated rings. The number of amides is 1. The number of allylic oxidation sites excluding steroid dienone is 1. The van der Waals surface area contributed by atoms with Crippen LogP contribution in [0.1, 0.15) is 78.7 Å². The number of ether oxygens (including phenoxy) is 2. The summed E-state index contributed by atoms with van der Waals surface area (Å²) < 4.78 is 42.7. The molecule has 2 bridgehead atoms. The number of carbonyl (C=O) groups is 1. The minimum Gasteiger partial charge on any atom is -0.490 e. The van der Waals surface area contributed by atoms with Crippen LogP contribution in [0.15, 0.2) is 66.9 Å². The first-order chi connectivity index (χ1) is 23.9. The maximum absolute atomic E-state index is 13.6. The largest absolute Gasteiger partial charge is 0.490 e. The summed E-state index contributed by atoms with van der Waals surface area (Å²) in [7, 11) is -2.17. The van der Waals surface area contributed by atoms with E-state index < -0.39 is 26.8 Å². The molecule has 1 N–H and O–H groups in total. The third kappa shape index (κ3) is 6.46. The normalized spacial score (nSPS) is 31.3. The molecule has 1 spiro atoms. The van der Waals surface area contributed by atoms with E-state index in [1.165, 1.54) is 11.1 Å². The topological polar surface area (TPSA) is 97.8 Å². The van der Waals surface area contributed by atoms with Gasteiger partial charge in [-0.1, -0.05) is 42.8 Å². The molecular weight excluding hydrogens is 670 g/mol. The molecule has 1 saturated carbocycles. The molecule has 7 rings (SSSR count).